The molecule has 4 aromatic rings. The number of halogens is 1. The molecule has 0 atom stereocenters. The van der Waals surface area contributed by atoms with Crippen LogP contribution in [0.25, 0.3) is 22.4 Å². The largest absolute Gasteiger partial charge is 0.359 e. The number of aromatic nitrogens is 1. The van der Waals surface area contributed by atoms with Crippen LogP contribution < -0.4 is 5.32 Å². The molecule has 0 saturated carbocycles. The molecule has 7 heteroatoms. The number of carbonyl (C=O) groups is 1. The number of likely N-dealkylation sites (tertiary alicyclic amines) is 1. The predicted molar refractivity (Wildman–Crippen MR) is 132 cm³/mol. The van der Waals surface area contributed by atoms with Gasteiger partial charge >= 0.3 is 0 Å². The average molecular weight is 478 g/mol. The number of nitrogens with one attached hydrogen (secondary N) is 1. The highest BCUT2D eigenvalue weighted by atomic mass is 35.5. The van der Waals surface area contributed by atoms with Gasteiger partial charge in [-0.1, -0.05) is 53.2 Å². The third-order valence-electron chi connectivity index (χ3n) is 5.80. The molecule has 0 aliphatic carbocycles. The van der Waals surface area contributed by atoms with Crippen molar-refractivity contribution in [1.82, 2.24) is 15.4 Å². The zero-order chi connectivity index (χ0) is 22.6. The van der Waals surface area contributed by atoms with Crippen molar-refractivity contribution in [1.29, 1.82) is 0 Å². The van der Waals surface area contributed by atoms with Gasteiger partial charge in [0, 0.05) is 18.2 Å². The number of thiophene rings is 1. The van der Waals surface area contributed by atoms with Crippen LogP contribution in [0.1, 0.15) is 33.8 Å². The first-order chi connectivity index (χ1) is 16.1. The van der Waals surface area contributed by atoms with Crippen molar-refractivity contribution in [2.45, 2.75) is 25.9 Å². The number of carbonyl (C=O) groups excluding carboxylic acids is 1. The summed E-state index contributed by atoms with van der Waals surface area (Å²) < 4.78 is 6.04. The van der Waals surface area contributed by atoms with Gasteiger partial charge in [0.15, 0.2) is 5.76 Å². The smallest absolute Gasteiger partial charge is 0.261 e. The van der Waals surface area contributed by atoms with E-state index in [-0.39, 0.29) is 12.5 Å². The standard InChI is InChI=1S/C26H24ClN3O2S/c27-25-10-9-24(33-25)26(31)28-16-22-15-23(29-32-22)21-8-4-7-20(14-21)19-6-3-5-18(13-19)17-30-11-1-2-12-30/h3-10,13-15H,1-2,11-12,16-17H2,(H,28,31). The molecule has 1 amide bonds. The lowest BCUT2D eigenvalue weighted by Gasteiger charge is -2.15. The minimum Gasteiger partial charge on any atom is -0.359 e. The SMILES string of the molecule is O=C(NCc1cc(-c2cccc(-c3cccc(CN4CCCC4)c3)c2)no1)c1ccc(Cl)s1. The van der Waals surface area contributed by atoms with Crippen molar-refractivity contribution < 1.29 is 9.32 Å². The first kappa shape index (κ1) is 21.9. The zero-order valence-corrected chi connectivity index (χ0v) is 19.7. The predicted octanol–water partition coefficient (Wildman–Crippen LogP) is 6.25. The summed E-state index contributed by atoms with van der Waals surface area (Å²) in [4.78, 5) is 15.3. The van der Waals surface area contributed by atoms with Crippen LogP contribution in [0.2, 0.25) is 4.34 Å². The van der Waals surface area contributed by atoms with Crippen LogP contribution in [0.3, 0.4) is 0 Å². The molecular weight excluding hydrogens is 454 g/mol. The summed E-state index contributed by atoms with van der Waals surface area (Å²) in [5.74, 6) is 0.416. The summed E-state index contributed by atoms with van der Waals surface area (Å²) in [6.45, 7) is 3.65. The van der Waals surface area contributed by atoms with Gasteiger partial charge in [0.2, 0.25) is 0 Å². The summed E-state index contributed by atoms with van der Waals surface area (Å²) in [6.07, 6.45) is 2.60. The molecule has 168 valence electrons. The Hall–Kier alpha value is -2.93. The second kappa shape index (κ2) is 9.91. The van der Waals surface area contributed by atoms with Crippen molar-refractivity contribution in [3.8, 4) is 22.4 Å². The third kappa shape index (κ3) is 5.36. The van der Waals surface area contributed by atoms with Gasteiger partial charge in [0.1, 0.15) is 5.69 Å². The summed E-state index contributed by atoms with van der Waals surface area (Å²) in [7, 11) is 0. The van der Waals surface area contributed by atoms with E-state index in [4.69, 9.17) is 16.1 Å². The van der Waals surface area contributed by atoms with E-state index in [2.05, 4.69) is 51.8 Å². The Bertz CT molecular complexity index is 1260. The quantitative estimate of drug-likeness (QED) is 0.342. The van der Waals surface area contributed by atoms with E-state index >= 15 is 0 Å². The number of rotatable bonds is 7. The van der Waals surface area contributed by atoms with E-state index < -0.39 is 0 Å². The molecule has 0 spiro atoms. The van der Waals surface area contributed by atoms with Crippen LogP contribution >= 0.6 is 22.9 Å². The number of amides is 1. The lowest BCUT2D eigenvalue weighted by atomic mass is 10.00. The van der Waals surface area contributed by atoms with Crippen LogP contribution in [0.4, 0.5) is 0 Å². The molecule has 0 radical (unpaired) electrons. The molecule has 33 heavy (non-hydrogen) atoms. The van der Waals surface area contributed by atoms with Crippen molar-refractivity contribution >= 4 is 28.8 Å². The highest BCUT2D eigenvalue weighted by molar-refractivity contribution is 7.17. The normalized spacial score (nSPS) is 14.0. The van der Waals surface area contributed by atoms with Crippen molar-refractivity contribution in [3.63, 3.8) is 0 Å². The first-order valence-electron chi connectivity index (χ1n) is 11.1. The van der Waals surface area contributed by atoms with Gasteiger partial charge < -0.3 is 9.84 Å². The molecule has 1 N–H and O–H groups in total. The number of nitrogens with zero attached hydrogens (tertiary/aromatic N) is 2. The maximum absolute atomic E-state index is 12.2. The molecule has 0 unspecified atom stereocenters. The first-order valence-corrected chi connectivity index (χ1v) is 12.2. The minimum atomic E-state index is -0.180. The summed E-state index contributed by atoms with van der Waals surface area (Å²) >= 11 is 7.15. The maximum Gasteiger partial charge on any atom is 0.261 e. The van der Waals surface area contributed by atoms with Crippen LogP contribution in [-0.2, 0) is 13.1 Å². The number of hydrogen-bond donors (Lipinski definition) is 1. The Balaban J connectivity index is 1.28. The van der Waals surface area contributed by atoms with Gasteiger partial charge in [-0.15, -0.1) is 11.3 Å². The average Bonchev–Trinajstić information content (AvgIpc) is 3.60. The van der Waals surface area contributed by atoms with E-state index in [1.54, 1.807) is 12.1 Å². The molecule has 3 heterocycles. The summed E-state index contributed by atoms with van der Waals surface area (Å²) in [6, 6.07) is 22.3. The van der Waals surface area contributed by atoms with Crippen LogP contribution in [0, 0.1) is 0 Å². The van der Waals surface area contributed by atoms with E-state index in [0.29, 0.717) is 15.0 Å². The number of benzene rings is 2. The Morgan fingerprint density at radius 1 is 1.00 bits per heavy atom. The fourth-order valence-electron chi connectivity index (χ4n) is 4.13. The van der Waals surface area contributed by atoms with Gasteiger partial charge in [-0.25, -0.2) is 0 Å². The second-order valence-electron chi connectivity index (χ2n) is 8.23. The Kier molecular flexibility index (Phi) is 6.58. The van der Waals surface area contributed by atoms with E-state index in [0.717, 1.165) is 23.4 Å². The minimum absolute atomic E-state index is 0.180. The van der Waals surface area contributed by atoms with Crippen molar-refractivity contribution in [2.24, 2.45) is 0 Å². The third-order valence-corrected chi connectivity index (χ3v) is 7.03. The zero-order valence-electron chi connectivity index (χ0n) is 18.1. The van der Waals surface area contributed by atoms with Crippen LogP contribution in [0.5, 0.6) is 0 Å². The second-order valence-corrected chi connectivity index (χ2v) is 9.94. The lowest BCUT2D eigenvalue weighted by Crippen LogP contribution is -2.21. The van der Waals surface area contributed by atoms with Crippen molar-refractivity contribution in [2.75, 3.05) is 13.1 Å². The molecule has 1 aliphatic rings. The Morgan fingerprint density at radius 2 is 1.76 bits per heavy atom. The summed E-state index contributed by atoms with van der Waals surface area (Å²) in [5.41, 5.74) is 5.39. The number of hydrogen-bond acceptors (Lipinski definition) is 5. The lowest BCUT2D eigenvalue weighted by molar-refractivity contribution is 0.0951. The van der Waals surface area contributed by atoms with Crippen LogP contribution in [0.15, 0.2) is 71.3 Å². The van der Waals surface area contributed by atoms with E-state index in [1.807, 2.05) is 18.2 Å². The van der Waals surface area contributed by atoms with Gasteiger partial charge in [-0.2, -0.15) is 0 Å². The molecule has 5 nitrogen and oxygen atoms in total. The molecule has 1 fully saturated rings. The van der Waals surface area contributed by atoms with E-state index in [9.17, 15) is 4.79 Å². The van der Waals surface area contributed by atoms with Gasteiger partial charge in [0.25, 0.3) is 5.91 Å². The molecule has 1 aliphatic heterocycles. The van der Waals surface area contributed by atoms with Crippen LogP contribution in [-0.4, -0.2) is 29.1 Å². The molecule has 0 bridgehead atoms. The fourth-order valence-corrected chi connectivity index (χ4v) is 5.09. The maximum atomic E-state index is 12.2. The highest BCUT2D eigenvalue weighted by Gasteiger charge is 2.13. The molecule has 5 rings (SSSR count). The van der Waals surface area contributed by atoms with Gasteiger partial charge in [0.05, 0.1) is 15.8 Å². The van der Waals surface area contributed by atoms with Gasteiger partial charge in [-0.05, 0) is 66.9 Å². The molecule has 1 saturated heterocycles. The van der Waals surface area contributed by atoms with E-state index in [1.165, 1.54) is 48.4 Å². The highest BCUT2D eigenvalue weighted by Crippen LogP contribution is 2.28. The molecule has 2 aromatic heterocycles. The van der Waals surface area contributed by atoms with Gasteiger partial charge in [-0.3, -0.25) is 9.69 Å². The van der Waals surface area contributed by atoms with Crippen molar-refractivity contribution in [3.05, 3.63) is 87.3 Å². The monoisotopic (exact) mass is 477 g/mol. The topological polar surface area (TPSA) is 58.4 Å². The molecular formula is C26H24ClN3O2S. The fraction of sp³-hybridized carbons (Fsp3) is 0.231. The Morgan fingerprint density at radius 3 is 2.55 bits per heavy atom. The Labute approximate surface area is 202 Å². The molecule has 2 aromatic carbocycles. The summed E-state index contributed by atoms with van der Waals surface area (Å²) in [5, 5.41) is 7.05.